The summed E-state index contributed by atoms with van der Waals surface area (Å²) in [5.41, 5.74) is 0. The van der Waals surface area contributed by atoms with Gasteiger partial charge in [-0.3, -0.25) is 14.4 Å². The molecule has 0 fully saturated rings. The molecule has 0 aliphatic rings. The molecule has 0 bridgehead atoms. The molecule has 0 rings (SSSR count). The van der Waals surface area contributed by atoms with Gasteiger partial charge in [0.2, 0.25) is 0 Å². The molecule has 0 aromatic heterocycles. The molecule has 0 amide bonds. The van der Waals surface area contributed by atoms with Gasteiger partial charge in [-0.15, -0.1) is 0 Å². The van der Waals surface area contributed by atoms with Crippen LogP contribution in [0.5, 0.6) is 0 Å². The monoisotopic (exact) mass is 881 g/mol. The Kier molecular flexibility index (Phi) is 49.4. The number of hydrogen-bond acceptors (Lipinski definition) is 6. The first-order valence-corrected chi connectivity index (χ1v) is 26.8. The fourth-order valence-electron chi connectivity index (χ4n) is 7.40. The fourth-order valence-corrected chi connectivity index (χ4v) is 7.40. The molecular formula is C57H100O6. The van der Waals surface area contributed by atoms with E-state index in [2.05, 4.69) is 81.5 Å². The van der Waals surface area contributed by atoms with Gasteiger partial charge in [0.15, 0.2) is 6.10 Å². The van der Waals surface area contributed by atoms with Crippen LogP contribution in [0, 0.1) is 0 Å². The molecule has 0 spiro atoms. The van der Waals surface area contributed by atoms with Gasteiger partial charge in [0.05, 0.1) is 0 Å². The van der Waals surface area contributed by atoms with E-state index in [1.165, 1.54) is 135 Å². The van der Waals surface area contributed by atoms with E-state index in [-0.39, 0.29) is 31.1 Å². The van der Waals surface area contributed by atoms with Crippen molar-refractivity contribution in [3.05, 3.63) is 60.8 Å². The summed E-state index contributed by atoms with van der Waals surface area (Å²) in [4.78, 5) is 38.0. The van der Waals surface area contributed by atoms with Crippen LogP contribution in [0.25, 0.3) is 0 Å². The number of esters is 3. The maximum Gasteiger partial charge on any atom is 0.306 e. The van der Waals surface area contributed by atoms with Crippen molar-refractivity contribution in [1.82, 2.24) is 0 Å². The first-order valence-electron chi connectivity index (χ1n) is 26.8. The van der Waals surface area contributed by atoms with Crippen LogP contribution in [0.2, 0.25) is 0 Å². The maximum absolute atomic E-state index is 12.8. The minimum absolute atomic E-state index is 0.0975. The van der Waals surface area contributed by atoms with Crippen molar-refractivity contribution in [2.75, 3.05) is 13.2 Å². The molecule has 0 aliphatic carbocycles. The summed E-state index contributed by atoms with van der Waals surface area (Å²) in [5, 5.41) is 0. The summed E-state index contributed by atoms with van der Waals surface area (Å²) in [6.45, 7) is 6.54. The Morgan fingerprint density at radius 3 is 0.952 bits per heavy atom. The Morgan fingerprint density at radius 2 is 0.587 bits per heavy atom. The summed E-state index contributed by atoms with van der Waals surface area (Å²) >= 11 is 0. The van der Waals surface area contributed by atoms with Crippen molar-refractivity contribution in [3.63, 3.8) is 0 Å². The lowest BCUT2D eigenvalue weighted by atomic mass is 10.1. The molecule has 6 nitrogen and oxygen atoms in total. The van der Waals surface area contributed by atoms with Crippen molar-refractivity contribution in [2.45, 2.75) is 271 Å². The number of ether oxygens (including phenoxy) is 3. The zero-order valence-corrected chi connectivity index (χ0v) is 41.6. The highest BCUT2D eigenvalue weighted by Crippen LogP contribution is 2.14. The minimum Gasteiger partial charge on any atom is -0.462 e. The van der Waals surface area contributed by atoms with Crippen molar-refractivity contribution in [1.29, 1.82) is 0 Å². The van der Waals surface area contributed by atoms with Crippen molar-refractivity contribution in [3.8, 4) is 0 Å². The lowest BCUT2D eigenvalue weighted by Crippen LogP contribution is -2.30. The van der Waals surface area contributed by atoms with Crippen molar-refractivity contribution in [2.24, 2.45) is 0 Å². The van der Waals surface area contributed by atoms with Gasteiger partial charge in [-0.1, -0.05) is 216 Å². The lowest BCUT2D eigenvalue weighted by molar-refractivity contribution is -0.167. The molecule has 0 aromatic rings. The number of carbonyl (C=O) groups excluding carboxylic acids is 3. The van der Waals surface area contributed by atoms with Gasteiger partial charge in [-0.2, -0.15) is 0 Å². The smallest absolute Gasteiger partial charge is 0.306 e. The van der Waals surface area contributed by atoms with Crippen molar-refractivity contribution >= 4 is 17.9 Å². The molecule has 0 N–H and O–H groups in total. The number of carbonyl (C=O) groups is 3. The van der Waals surface area contributed by atoms with E-state index in [0.29, 0.717) is 19.3 Å². The maximum atomic E-state index is 12.8. The van der Waals surface area contributed by atoms with E-state index in [1.807, 2.05) is 0 Å². The second kappa shape index (κ2) is 51.7. The van der Waals surface area contributed by atoms with E-state index in [0.717, 1.165) is 89.9 Å². The quantitative estimate of drug-likeness (QED) is 0.0199. The van der Waals surface area contributed by atoms with E-state index < -0.39 is 6.10 Å². The molecule has 0 radical (unpaired) electrons. The van der Waals surface area contributed by atoms with Gasteiger partial charge in [0.25, 0.3) is 0 Å². The zero-order valence-electron chi connectivity index (χ0n) is 41.6. The first-order chi connectivity index (χ1) is 31.0. The number of unbranched alkanes of at least 4 members (excludes halogenated alkanes) is 29. The number of allylic oxidation sites excluding steroid dienone is 10. The summed E-state index contributed by atoms with van der Waals surface area (Å²) in [6, 6.07) is 0. The number of rotatable bonds is 48. The second-order valence-electron chi connectivity index (χ2n) is 17.8. The minimum atomic E-state index is -0.801. The predicted octanol–water partition coefficient (Wildman–Crippen LogP) is 17.6. The molecular weight excluding hydrogens is 781 g/mol. The van der Waals surface area contributed by atoms with Gasteiger partial charge >= 0.3 is 17.9 Å². The van der Waals surface area contributed by atoms with Crippen LogP contribution in [0.4, 0.5) is 0 Å². The van der Waals surface area contributed by atoms with Crippen LogP contribution in [-0.4, -0.2) is 37.2 Å². The highest BCUT2D eigenvalue weighted by Gasteiger charge is 2.19. The largest absolute Gasteiger partial charge is 0.462 e. The predicted molar refractivity (Wildman–Crippen MR) is 270 cm³/mol. The summed E-state index contributed by atoms with van der Waals surface area (Å²) in [6.07, 6.45) is 63.6. The van der Waals surface area contributed by atoms with Gasteiger partial charge in [-0.25, -0.2) is 0 Å². The molecule has 0 saturated carbocycles. The molecule has 0 heterocycles. The normalized spacial score (nSPS) is 12.5. The Bertz CT molecular complexity index is 1150. The summed E-state index contributed by atoms with van der Waals surface area (Å²) in [7, 11) is 0. The molecule has 0 aliphatic heterocycles. The highest BCUT2D eigenvalue weighted by molar-refractivity contribution is 5.71. The molecule has 1 atom stereocenters. The summed E-state index contributed by atoms with van der Waals surface area (Å²) in [5.74, 6) is -0.956. The topological polar surface area (TPSA) is 78.9 Å². The average molecular weight is 881 g/mol. The van der Waals surface area contributed by atoms with E-state index in [1.54, 1.807) is 0 Å². The molecule has 0 saturated heterocycles. The molecule has 0 aromatic carbocycles. The lowest BCUT2D eigenvalue weighted by Gasteiger charge is -2.18. The SMILES string of the molecule is CCCC/C=C\C=C/CCCCCC(=O)OCC(COC(=O)CCCCCCC/C=C\CCCCCCCCCCC)OC(=O)CCCCC/C=C\C=C/CCCCCCCCC. The van der Waals surface area contributed by atoms with Crippen LogP contribution in [-0.2, 0) is 28.6 Å². The third-order valence-corrected chi connectivity index (χ3v) is 11.5. The van der Waals surface area contributed by atoms with Crippen LogP contribution in [0.1, 0.15) is 265 Å². The number of hydrogen-bond donors (Lipinski definition) is 0. The second-order valence-corrected chi connectivity index (χ2v) is 17.8. The Morgan fingerprint density at radius 1 is 0.317 bits per heavy atom. The van der Waals surface area contributed by atoms with Crippen LogP contribution < -0.4 is 0 Å². The summed E-state index contributed by atoms with van der Waals surface area (Å²) < 4.78 is 16.7. The van der Waals surface area contributed by atoms with Gasteiger partial charge in [-0.05, 0) is 89.9 Å². The van der Waals surface area contributed by atoms with E-state index >= 15 is 0 Å². The van der Waals surface area contributed by atoms with Crippen molar-refractivity contribution < 1.29 is 28.6 Å². The Hall–Kier alpha value is -2.89. The Balaban J connectivity index is 4.42. The zero-order chi connectivity index (χ0) is 45.8. The molecule has 364 valence electrons. The van der Waals surface area contributed by atoms with Crippen LogP contribution in [0.3, 0.4) is 0 Å². The molecule has 63 heavy (non-hydrogen) atoms. The average Bonchev–Trinajstić information content (AvgIpc) is 3.28. The van der Waals surface area contributed by atoms with Crippen LogP contribution >= 0.6 is 0 Å². The fraction of sp³-hybridized carbons (Fsp3) is 0.772. The van der Waals surface area contributed by atoms with Crippen LogP contribution in [0.15, 0.2) is 60.8 Å². The van der Waals surface area contributed by atoms with E-state index in [4.69, 9.17) is 14.2 Å². The first kappa shape index (κ1) is 60.1. The van der Waals surface area contributed by atoms with Gasteiger partial charge in [0.1, 0.15) is 13.2 Å². The standard InChI is InChI=1S/C57H100O6/c1-4-7-10-13-16-19-22-24-26-28-29-31-32-35-38-41-44-47-50-56(59)62-53-54(52-61-55(58)49-46-43-40-37-34-21-18-15-12-9-6-3)63-57(60)51-48-45-42-39-36-33-30-27-25-23-20-17-14-11-8-5-2/h15,18,21,27,29-31,33-34,36,54H,4-14,16-17,19-20,22-26,28,32,35,37-53H2,1-3H3/b18-15-,30-27-,31-29-,34-21-,36-33-. The molecule has 1 unspecified atom stereocenters. The van der Waals surface area contributed by atoms with Gasteiger partial charge < -0.3 is 14.2 Å². The van der Waals surface area contributed by atoms with Gasteiger partial charge in [0, 0.05) is 19.3 Å². The van der Waals surface area contributed by atoms with E-state index in [9.17, 15) is 14.4 Å². The Labute approximate surface area is 390 Å². The third-order valence-electron chi connectivity index (χ3n) is 11.5. The molecule has 6 heteroatoms. The third kappa shape index (κ3) is 50.0. The highest BCUT2D eigenvalue weighted by atomic mass is 16.6.